The average Bonchev–Trinajstić information content (AvgIpc) is 2.29. The lowest BCUT2D eigenvalue weighted by atomic mass is 9.91. The Bertz CT molecular complexity index is 187. The maximum absolute atomic E-state index is 11.5. The van der Waals surface area contributed by atoms with Crippen LogP contribution in [-0.2, 0) is 4.79 Å². The van der Waals surface area contributed by atoms with Gasteiger partial charge in [0.1, 0.15) is 0 Å². The van der Waals surface area contributed by atoms with Gasteiger partial charge in [-0.05, 0) is 24.7 Å². The summed E-state index contributed by atoms with van der Waals surface area (Å²) >= 11 is 0. The monoisotopic (exact) mass is 183 g/mol. The van der Waals surface area contributed by atoms with Crippen LogP contribution in [0.4, 0.5) is 0 Å². The molecule has 1 aliphatic rings. The van der Waals surface area contributed by atoms with E-state index in [1.54, 1.807) is 0 Å². The Balaban J connectivity index is 2.45. The van der Waals surface area contributed by atoms with Crippen molar-refractivity contribution in [2.45, 2.75) is 46.6 Å². The Morgan fingerprint density at radius 2 is 2.00 bits per heavy atom. The molecule has 2 atom stereocenters. The molecule has 13 heavy (non-hydrogen) atoms. The molecule has 0 aromatic carbocycles. The third-order valence-electron chi connectivity index (χ3n) is 2.78. The Labute approximate surface area is 81.1 Å². The lowest BCUT2D eigenvalue weighted by Gasteiger charge is -2.13. The van der Waals surface area contributed by atoms with Gasteiger partial charge in [-0.2, -0.15) is 0 Å². The van der Waals surface area contributed by atoms with Gasteiger partial charge in [-0.3, -0.25) is 4.79 Å². The summed E-state index contributed by atoms with van der Waals surface area (Å²) in [5, 5.41) is 3.08. The van der Waals surface area contributed by atoms with Crippen LogP contribution in [0.3, 0.4) is 0 Å². The maximum atomic E-state index is 11.5. The van der Waals surface area contributed by atoms with Crippen LogP contribution >= 0.6 is 0 Å². The van der Waals surface area contributed by atoms with Gasteiger partial charge in [0.05, 0.1) is 0 Å². The molecule has 1 saturated heterocycles. The molecular formula is C11H21NO. The van der Waals surface area contributed by atoms with Crippen molar-refractivity contribution in [2.24, 2.45) is 17.8 Å². The summed E-state index contributed by atoms with van der Waals surface area (Å²) in [5.74, 6) is 1.68. The predicted molar refractivity (Wildman–Crippen MR) is 54.3 cm³/mol. The van der Waals surface area contributed by atoms with E-state index in [2.05, 4.69) is 33.0 Å². The molecule has 1 N–H and O–H groups in total. The van der Waals surface area contributed by atoms with Gasteiger partial charge in [0.15, 0.2) is 0 Å². The van der Waals surface area contributed by atoms with Crippen molar-refractivity contribution in [1.29, 1.82) is 0 Å². The molecule has 0 aliphatic carbocycles. The smallest absolute Gasteiger partial charge is 0.223 e. The summed E-state index contributed by atoms with van der Waals surface area (Å²) in [6, 6.07) is 0.430. The predicted octanol–water partition coefficient (Wildman–Crippen LogP) is 2.19. The van der Waals surface area contributed by atoms with Crippen molar-refractivity contribution in [3.63, 3.8) is 0 Å². The molecule has 2 heteroatoms. The fourth-order valence-electron chi connectivity index (χ4n) is 2.08. The molecule has 1 heterocycles. The summed E-state index contributed by atoms with van der Waals surface area (Å²) in [7, 11) is 0. The highest BCUT2D eigenvalue weighted by Gasteiger charge is 2.33. The number of nitrogens with one attached hydrogen (secondary N) is 1. The van der Waals surface area contributed by atoms with Gasteiger partial charge >= 0.3 is 0 Å². The Morgan fingerprint density at radius 3 is 2.38 bits per heavy atom. The molecule has 1 fully saturated rings. The van der Waals surface area contributed by atoms with Gasteiger partial charge in [-0.25, -0.2) is 0 Å². The molecule has 0 saturated carbocycles. The fourth-order valence-corrected chi connectivity index (χ4v) is 2.08. The second kappa shape index (κ2) is 4.12. The third kappa shape index (κ3) is 2.71. The number of hydrogen-bond acceptors (Lipinski definition) is 1. The van der Waals surface area contributed by atoms with Gasteiger partial charge in [0.25, 0.3) is 0 Å². The number of carbonyl (C=O) groups excluding carboxylic acids is 1. The third-order valence-corrected chi connectivity index (χ3v) is 2.78. The topological polar surface area (TPSA) is 29.1 Å². The molecule has 0 spiro atoms. The van der Waals surface area contributed by atoms with Crippen LogP contribution in [0.1, 0.15) is 40.5 Å². The van der Waals surface area contributed by atoms with Gasteiger partial charge in [0, 0.05) is 12.0 Å². The Morgan fingerprint density at radius 1 is 1.38 bits per heavy atom. The first-order valence-electron chi connectivity index (χ1n) is 5.31. The molecule has 0 aromatic heterocycles. The molecule has 2 unspecified atom stereocenters. The van der Waals surface area contributed by atoms with Crippen molar-refractivity contribution in [2.75, 3.05) is 0 Å². The van der Waals surface area contributed by atoms with E-state index in [-0.39, 0.29) is 11.8 Å². The molecule has 1 aliphatic heterocycles. The second-order valence-electron chi connectivity index (χ2n) is 4.92. The summed E-state index contributed by atoms with van der Waals surface area (Å²) < 4.78 is 0. The zero-order chi connectivity index (χ0) is 10.0. The van der Waals surface area contributed by atoms with Crippen molar-refractivity contribution in [1.82, 2.24) is 5.32 Å². The van der Waals surface area contributed by atoms with Crippen LogP contribution in [-0.4, -0.2) is 11.9 Å². The van der Waals surface area contributed by atoms with Crippen molar-refractivity contribution < 1.29 is 4.79 Å². The van der Waals surface area contributed by atoms with E-state index in [0.29, 0.717) is 17.9 Å². The summed E-state index contributed by atoms with van der Waals surface area (Å²) in [5.41, 5.74) is 0. The van der Waals surface area contributed by atoms with Crippen LogP contribution in [0, 0.1) is 17.8 Å². The van der Waals surface area contributed by atoms with Gasteiger partial charge in [-0.1, -0.05) is 27.7 Å². The van der Waals surface area contributed by atoms with Crippen molar-refractivity contribution >= 4 is 5.91 Å². The fraction of sp³-hybridized carbons (Fsp3) is 0.909. The highest BCUT2D eigenvalue weighted by Crippen LogP contribution is 2.26. The first kappa shape index (κ1) is 10.6. The van der Waals surface area contributed by atoms with Crippen LogP contribution in [0.15, 0.2) is 0 Å². The number of rotatable bonds is 3. The minimum absolute atomic E-state index is 0.253. The van der Waals surface area contributed by atoms with Gasteiger partial charge in [-0.15, -0.1) is 0 Å². The van der Waals surface area contributed by atoms with Crippen LogP contribution in [0.25, 0.3) is 0 Å². The molecule has 1 amide bonds. The van der Waals surface area contributed by atoms with E-state index < -0.39 is 0 Å². The molecule has 0 aromatic rings. The molecule has 1 rings (SSSR count). The van der Waals surface area contributed by atoms with E-state index in [1.807, 2.05) is 0 Å². The van der Waals surface area contributed by atoms with Crippen molar-refractivity contribution in [3.05, 3.63) is 0 Å². The number of amides is 1. The zero-order valence-corrected chi connectivity index (χ0v) is 9.13. The number of hydrogen-bond donors (Lipinski definition) is 1. The lowest BCUT2D eigenvalue weighted by Crippen LogP contribution is -2.28. The van der Waals surface area contributed by atoms with E-state index in [0.717, 1.165) is 12.8 Å². The summed E-state index contributed by atoms with van der Waals surface area (Å²) in [6.45, 7) is 8.66. The Hall–Kier alpha value is -0.530. The van der Waals surface area contributed by atoms with Crippen LogP contribution in [0.5, 0.6) is 0 Å². The van der Waals surface area contributed by atoms with Gasteiger partial charge < -0.3 is 5.32 Å². The Kier molecular flexibility index (Phi) is 3.34. The normalized spacial score (nSPS) is 28.6. The average molecular weight is 183 g/mol. The SMILES string of the molecule is CC(C)CC1CC(C(C)C)C(=O)N1. The highest BCUT2D eigenvalue weighted by molar-refractivity contribution is 5.81. The standard InChI is InChI=1S/C11H21NO/c1-7(2)5-9-6-10(8(3)4)11(13)12-9/h7-10H,5-6H2,1-4H3,(H,12,13). The van der Waals surface area contributed by atoms with Crippen molar-refractivity contribution in [3.8, 4) is 0 Å². The van der Waals surface area contributed by atoms with E-state index >= 15 is 0 Å². The first-order valence-corrected chi connectivity index (χ1v) is 5.31. The molecule has 0 bridgehead atoms. The summed E-state index contributed by atoms with van der Waals surface area (Å²) in [6.07, 6.45) is 2.16. The zero-order valence-electron chi connectivity index (χ0n) is 9.13. The highest BCUT2D eigenvalue weighted by atomic mass is 16.2. The van der Waals surface area contributed by atoms with E-state index in [9.17, 15) is 4.79 Å². The quantitative estimate of drug-likeness (QED) is 0.714. The summed E-state index contributed by atoms with van der Waals surface area (Å²) in [4.78, 5) is 11.5. The second-order valence-corrected chi connectivity index (χ2v) is 4.92. The van der Waals surface area contributed by atoms with Crippen LogP contribution < -0.4 is 5.32 Å². The van der Waals surface area contributed by atoms with Gasteiger partial charge in [0.2, 0.25) is 5.91 Å². The van der Waals surface area contributed by atoms with E-state index in [1.165, 1.54) is 0 Å². The molecule has 76 valence electrons. The minimum Gasteiger partial charge on any atom is -0.353 e. The van der Waals surface area contributed by atoms with E-state index in [4.69, 9.17) is 0 Å². The van der Waals surface area contributed by atoms with Crippen LogP contribution in [0.2, 0.25) is 0 Å². The molecular weight excluding hydrogens is 162 g/mol. The maximum Gasteiger partial charge on any atom is 0.223 e. The molecule has 0 radical (unpaired) electrons. The minimum atomic E-state index is 0.253. The number of carbonyl (C=O) groups is 1. The largest absolute Gasteiger partial charge is 0.353 e. The lowest BCUT2D eigenvalue weighted by molar-refractivity contribution is -0.123. The first-order chi connectivity index (χ1) is 6.00. The molecule has 2 nitrogen and oxygen atoms in total.